The van der Waals surface area contributed by atoms with Crippen LogP contribution < -0.4 is 15.0 Å². The Hall–Kier alpha value is -3.20. The zero-order valence-electron chi connectivity index (χ0n) is 18.6. The number of hydrogen-bond donors (Lipinski definition) is 1. The Labute approximate surface area is 187 Å². The molecular formula is C23H29N7O2. The number of carbonyl (C=O) groups is 1. The Morgan fingerprint density at radius 2 is 1.91 bits per heavy atom. The molecular weight excluding hydrogens is 406 g/mol. The maximum atomic E-state index is 12.9. The van der Waals surface area contributed by atoms with Crippen LogP contribution in [0, 0.1) is 5.92 Å². The van der Waals surface area contributed by atoms with Gasteiger partial charge in [0.05, 0.1) is 25.2 Å². The predicted molar refractivity (Wildman–Crippen MR) is 122 cm³/mol. The first-order valence-electron chi connectivity index (χ1n) is 11.2. The van der Waals surface area contributed by atoms with E-state index >= 15 is 0 Å². The van der Waals surface area contributed by atoms with E-state index in [9.17, 15) is 4.79 Å². The number of nitrogens with zero attached hydrogens (tertiary/aromatic N) is 6. The molecule has 1 aliphatic carbocycles. The van der Waals surface area contributed by atoms with Gasteiger partial charge in [0.2, 0.25) is 5.91 Å². The van der Waals surface area contributed by atoms with Gasteiger partial charge in [-0.15, -0.1) is 0 Å². The van der Waals surface area contributed by atoms with E-state index in [1.165, 1.54) is 18.4 Å². The van der Waals surface area contributed by atoms with Gasteiger partial charge in [-0.25, -0.2) is 9.97 Å². The molecule has 9 nitrogen and oxygen atoms in total. The minimum atomic E-state index is 0.151. The summed E-state index contributed by atoms with van der Waals surface area (Å²) in [6, 6.07) is 8.38. The van der Waals surface area contributed by atoms with Crippen LogP contribution in [0.25, 0.3) is 11.0 Å². The monoisotopic (exact) mass is 435 g/mol. The molecule has 1 N–H and O–H groups in total. The van der Waals surface area contributed by atoms with Crippen molar-refractivity contribution in [3.05, 3.63) is 42.4 Å². The highest BCUT2D eigenvalue weighted by Crippen LogP contribution is 2.41. The van der Waals surface area contributed by atoms with Crippen molar-refractivity contribution in [1.82, 2.24) is 30.0 Å². The number of piperazine rings is 1. The van der Waals surface area contributed by atoms with Gasteiger partial charge in [0.25, 0.3) is 0 Å². The third kappa shape index (κ3) is 4.12. The molecule has 32 heavy (non-hydrogen) atoms. The summed E-state index contributed by atoms with van der Waals surface area (Å²) in [4.78, 5) is 25.9. The van der Waals surface area contributed by atoms with E-state index in [0.717, 1.165) is 35.7 Å². The van der Waals surface area contributed by atoms with E-state index in [1.807, 2.05) is 30.3 Å². The van der Waals surface area contributed by atoms with Gasteiger partial charge in [-0.1, -0.05) is 12.1 Å². The second-order valence-corrected chi connectivity index (χ2v) is 8.54. The molecule has 3 aromatic rings. The summed E-state index contributed by atoms with van der Waals surface area (Å²) in [5, 5.41) is 8.77. The summed E-state index contributed by atoms with van der Waals surface area (Å²) < 4.78 is 7.03. The lowest BCUT2D eigenvalue weighted by Gasteiger charge is -2.36. The fourth-order valence-corrected chi connectivity index (χ4v) is 4.48. The number of carbonyl (C=O) groups excluding carboxylic acids is 1. The standard InChI is InChI=1S/C23H29N7O2/c1-28-22-19(13-27-28)23(26-15-25-22)30-11-9-29(10-12-30)20(31)14-24-21(16-3-4-16)17-5-7-18(32-2)8-6-17/h5-8,13,15-16,21,24H,3-4,9-12,14H2,1-2H3. The van der Waals surface area contributed by atoms with E-state index in [1.54, 1.807) is 18.1 Å². The van der Waals surface area contributed by atoms with E-state index < -0.39 is 0 Å². The molecule has 1 aromatic carbocycles. The van der Waals surface area contributed by atoms with Crippen molar-refractivity contribution in [1.29, 1.82) is 0 Å². The Bertz CT molecular complexity index is 1090. The van der Waals surface area contributed by atoms with Gasteiger partial charge in [-0.2, -0.15) is 5.10 Å². The third-order valence-electron chi connectivity index (χ3n) is 6.48. The van der Waals surface area contributed by atoms with Crippen molar-refractivity contribution in [3.63, 3.8) is 0 Å². The number of anilines is 1. The first kappa shape index (κ1) is 20.7. The molecule has 0 bridgehead atoms. The average Bonchev–Trinajstić information content (AvgIpc) is 3.61. The van der Waals surface area contributed by atoms with Crippen LogP contribution in [0.1, 0.15) is 24.4 Å². The van der Waals surface area contributed by atoms with Gasteiger partial charge >= 0.3 is 0 Å². The lowest BCUT2D eigenvalue weighted by molar-refractivity contribution is -0.130. The summed E-state index contributed by atoms with van der Waals surface area (Å²) in [5.41, 5.74) is 2.04. The molecule has 9 heteroatoms. The molecule has 0 radical (unpaired) electrons. The maximum Gasteiger partial charge on any atom is 0.236 e. The predicted octanol–water partition coefficient (Wildman–Crippen LogP) is 1.76. The van der Waals surface area contributed by atoms with Gasteiger partial charge in [-0.05, 0) is 36.5 Å². The van der Waals surface area contributed by atoms with E-state index in [0.29, 0.717) is 25.6 Å². The maximum absolute atomic E-state index is 12.9. The Kier molecular flexibility index (Phi) is 5.65. The molecule has 168 valence electrons. The highest BCUT2D eigenvalue weighted by atomic mass is 16.5. The van der Waals surface area contributed by atoms with Crippen LogP contribution in [0.3, 0.4) is 0 Å². The Balaban J connectivity index is 1.18. The number of methoxy groups -OCH3 is 1. The largest absolute Gasteiger partial charge is 0.497 e. The molecule has 1 saturated carbocycles. The van der Waals surface area contributed by atoms with E-state index in [2.05, 4.69) is 37.4 Å². The zero-order chi connectivity index (χ0) is 22.1. The smallest absolute Gasteiger partial charge is 0.236 e. The first-order chi connectivity index (χ1) is 15.6. The number of aromatic nitrogens is 4. The molecule has 2 fully saturated rings. The van der Waals surface area contributed by atoms with Gasteiger partial charge in [0, 0.05) is 39.3 Å². The zero-order valence-corrected chi connectivity index (χ0v) is 18.6. The van der Waals surface area contributed by atoms with Crippen LogP contribution in [-0.2, 0) is 11.8 Å². The topological polar surface area (TPSA) is 88.4 Å². The van der Waals surface area contributed by atoms with Crippen LogP contribution >= 0.6 is 0 Å². The minimum absolute atomic E-state index is 0.151. The van der Waals surface area contributed by atoms with Crippen LogP contribution in [0.2, 0.25) is 0 Å². The van der Waals surface area contributed by atoms with Crippen molar-refractivity contribution < 1.29 is 9.53 Å². The molecule has 0 spiro atoms. The molecule has 1 unspecified atom stereocenters. The van der Waals surface area contributed by atoms with Crippen molar-refractivity contribution in [2.45, 2.75) is 18.9 Å². The molecule has 1 atom stereocenters. The Morgan fingerprint density at radius 3 is 2.59 bits per heavy atom. The first-order valence-corrected chi connectivity index (χ1v) is 11.2. The molecule has 5 rings (SSSR count). The third-order valence-corrected chi connectivity index (χ3v) is 6.48. The number of ether oxygens (including phenoxy) is 1. The highest BCUT2D eigenvalue weighted by Gasteiger charge is 2.33. The number of nitrogens with one attached hydrogen (secondary N) is 1. The lowest BCUT2D eigenvalue weighted by Crippen LogP contribution is -2.51. The van der Waals surface area contributed by atoms with Gasteiger partial charge in [0.1, 0.15) is 17.9 Å². The van der Waals surface area contributed by atoms with Gasteiger partial charge < -0.3 is 19.9 Å². The van der Waals surface area contributed by atoms with Crippen LogP contribution in [0.5, 0.6) is 5.75 Å². The number of rotatable bonds is 7. The van der Waals surface area contributed by atoms with Gasteiger partial charge in [0.15, 0.2) is 5.65 Å². The van der Waals surface area contributed by atoms with Crippen LogP contribution in [0.4, 0.5) is 5.82 Å². The fraction of sp³-hybridized carbons (Fsp3) is 0.478. The molecule has 1 aliphatic heterocycles. The number of aryl methyl sites for hydroxylation is 1. The van der Waals surface area contributed by atoms with Crippen molar-refractivity contribution in [3.8, 4) is 5.75 Å². The summed E-state index contributed by atoms with van der Waals surface area (Å²) in [6.07, 6.45) is 5.80. The van der Waals surface area contributed by atoms with E-state index in [4.69, 9.17) is 4.74 Å². The molecule has 2 aromatic heterocycles. The fourth-order valence-electron chi connectivity index (χ4n) is 4.48. The number of benzene rings is 1. The van der Waals surface area contributed by atoms with Crippen molar-refractivity contribution in [2.75, 3.05) is 44.7 Å². The highest BCUT2D eigenvalue weighted by molar-refractivity contribution is 5.87. The second kappa shape index (κ2) is 8.74. The summed E-state index contributed by atoms with van der Waals surface area (Å²) in [5.74, 6) is 2.50. The van der Waals surface area contributed by atoms with Crippen molar-refractivity contribution in [2.24, 2.45) is 13.0 Å². The van der Waals surface area contributed by atoms with Crippen molar-refractivity contribution >= 4 is 22.8 Å². The molecule has 1 saturated heterocycles. The van der Waals surface area contributed by atoms with E-state index in [-0.39, 0.29) is 11.9 Å². The summed E-state index contributed by atoms with van der Waals surface area (Å²) >= 11 is 0. The second-order valence-electron chi connectivity index (χ2n) is 8.54. The number of amides is 1. The summed E-state index contributed by atoms with van der Waals surface area (Å²) in [7, 11) is 3.55. The number of fused-ring (bicyclic) bond motifs is 1. The Morgan fingerprint density at radius 1 is 1.16 bits per heavy atom. The molecule has 2 aliphatic rings. The molecule has 1 amide bonds. The minimum Gasteiger partial charge on any atom is -0.497 e. The van der Waals surface area contributed by atoms with Gasteiger partial charge in [-0.3, -0.25) is 9.48 Å². The normalized spacial score (nSPS) is 17.6. The van der Waals surface area contributed by atoms with Crippen LogP contribution in [-0.4, -0.2) is 70.4 Å². The average molecular weight is 436 g/mol. The lowest BCUT2D eigenvalue weighted by atomic mass is 10.0. The van der Waals surface area contributed by atoms with Crippen LogP contribution in [0.15, 0.2) is 36.8 Å². The number of hydrogen-bond acceptors (Lipinski definition) is 7. The molecule has 3 heterocycles. The summed E-state index contributed by atoms with van der Waals surface area (Å²) in [6.45, 7) is 3.22. The quantitative estimate of drug-likeness (QED) is 0.605. The SMILES string of the molecule is COc1ccc(C(NCC(=O)N2CCN(c3ncnc4c3cnn4C)CC2)C2CC2)cc1.